The lowest BCUT2D eigenvalue weighted by Crippen LogP contribution is -2.37. The second-order valence-electron chi connectivity index (χ2n) is 15.7. The molecule has 0 unspecified atom stereocenters. The van der Waals surface area contributed by atoms with Crippen molar-refractivity contribution < 1.29 is 4.42 Å². The highest BCUT2D eigenvalue weighted by Gasteiger charge is 2.43. The summed E-state index contributed by atoms with van der Waals surface area (Å²) in [6, 6.07) is 59.5. The molecule has 2 aliphatic rings. The van der Waals surface area contributed by atoms with Gasteiger partial charge in [0.05, 0.1) is 17.1 Å². The van der Waals surface area contributed by atoms with Gasteiger partial charge in [0.1, 0.15) is 5.58 Å². The van der Waals surface area contributed by atoms with Gasteiger partial charge in [-0.1, -0.05) is 159 Å². The lowest BCUT2D eigenvalue weighted by molar-refractivity contribution is 0.664. The first-order chi connectivity index (χ1) is 27.0. The van der Waals surface area contributed by atoms with Crippen LogP contribution in [0.3, 0.4) is 0 Å². The number of fused-ring (bicyclic) bond motifs is 12. The maximum Gasteiger partial charge on any atom is 0.198 e. The number of rotatable bonds is 4. The van der Waals surface area contributed by atoms with Gasteiger partial charge in [-0.2, -0.15) is 0 Å². The highest BCUT2D eigenvalue weighted by atomic mass is 16.3. The van der Waals surface area contributed by atoms with Gasteiger partial charge in [0, 0.05) is 49.3 Å². The molecule has 12 rings (SSSR count). The van der Waals surface area contributed by atoms with Crippen molar-refractivity contribution in [2.45, 2.75) is 19.3 Å². The number of hydrogen-bond acceptors (Lipinski definition) is 2. The zero-order chi connectivity index (χ0) is 36.4. The third kappa shape index (κ3) is 4.22. The van der Waals surface area contributed by atoms with Crippen LogP contribution < -0.4 is 16.2 Å². The van der Waals surface area contributed by atoms with Crippen LogP contribution in [0.2, 0.25) is 0 Å². The number of furan rings is 1. The summed E-state index contributed by atoms with van der Waals surface area (Å²) in [7, 11) is 0.804. The Balaban J connectivity index is 1.17. The monoisotopic (exact) mass is 702 g/mol. The summed E-state index contributed by atoms with van der Waals surface area (Å²) in [6.07, 6.45) is 0. The standard InChI is InChI=1S/C51H35BN2O/c1-51(2)41-20-10-8-18-37(41)48-44(51)38-19-12-21-42-47(38)54(48)49-45(52-42)39(29-40-35-17-9-11-22-43(35)55-50(40)49)36-28-25-32-15-6-7-16-34(32)46(36)53-33-26-23-31(24-27-33)30-13-4-3-5-14-30/h3-29,52-53H,1-2H3. The van der Waals surface area contributed by atoms with E-state index in [0.29, 0.717) is 0 Å². The number of benzene rings is 8. The van der Waals surface area contributed by atoms with Crippen molar-refractivity contribution in [2.75, 3.05) is 5.32 Å². The highest BCUT2D eigenvalue weighted by molar-refractivity contribution is 6.73. The van der Waals surface area contributed by atoms with E-state index in [1.165, 1.54) is 77.2 Å². The van der Waals surface area contributed by atoms with Crippen LogP contribution in [0, 0.1) is 0 Å². The molecule has 4 heteroatoms. The molecule has 1 aliphatic carbocycles. The Morgan fingerprint density at radius 3 is 2.18 bits per heavy atom. The zero-order valence-corrected chi connectivity index (χ0v) is 30.7. The molecule has 1 aliphatic heterocycles. The molecule has 258 valence electrons. The van der Waals surface area contributed by atoms with Gasteiger partial charge >= 0.3 is 0 Å². The second-order valence-corrected chi connectivity index (χ2v) is 15.7. The molecule has 10 aromatic rings. The Hall–Kier alpha value is -6.78. The molecule has 0 saturated heterocycles. The fourth-order valence-electron chi connectivity index (χ4n) is 9.91. The minimum absolute atomic E-state index is 0.144. The van der Waals surface area contributed by atoms with E-state index in [0.717, 1.165) is 46.3 Å². The summed E-state index contributed by atoms with van der Waals surface area (Å²) in [5.74, 6) is 0. The summed E-state index contributed by atoms with van der Waals surface area (Å²) in [5, 5.41) is 9.94. The van der Waals surface area contributed by atoms with Crippen LogP contribution in [0.5, 0.6) is 0 Å². The van der Waals surface area contributed by atoms with Gasteiger partial charge in [-0.05, 0) is 62.9 Å². The van der Waals surface area contributed by atoms with Gasteiger partial charge in [-0.3, -0.25) is 0 Å². The molecule has 1 N–H and O–H groups in total. The van der Waals surface area contributed by atoms with Gasteiger partial charge < -0.3 is 14.3 Å². The fraction of sp³-hybridized carbons (Fsp3) is 0.0588. The van der Waals surface area contributed by atoms with E-state index in [-0.39, 0.29) is 5.41 Å². The molecular formula is C51H35BN2O. The largest absolute Gasteiger partial charge is 0.454 e. The quantitative estimate of drug-likeness (QED) is 0.185. The van der Waals surface area contributed by atoms with E-state index in [2.05, 4.69) is 188 Å². The SMILES string of the molecule is CC1(C)c2ccccc2-c2c1c1cccc3c1n2-c1c(c(-c2ccc4ccccc4c2Nc2ccc(-c4ccccc4)cc2)cc2c1oc1ccccc12)B3. The van der Waals surface area contributed by atoms with Gasteiger partial charge in [-0.25, -0.2) is 0 Å². The van der Waals surface area contributed by atoms with Crippen molar-refractivity contribution in [2.24, 2.45) is 0 Å². The molecule has 2 aromatic heterocycles. The average Bonchev–Trinajstić information content (AvgIpc) is 3.86. The number of anilines is 2. The van der Waals surface area contributed by atoms with Crippen LogP contribution in [-0.2, 0) is 5.41 Å². The Morgan fingerprint density at radius 1 is 0.582 bits per heavy atom. The number of nitrogens with one attached hydrogen (secondary N) is 1. The van der Waals surface area contributed by atoms with Crippen LogP contribution in [0.15, 0.2) is 168 Å². The Morgan fingerprint density at radius 2 is 1.31 bits per heavy atom. The molecule has 0 bridgehead atoms. The lowest BCUT2D eigenvalue weighted by atomic mass is 9.58. The van der Waals surface area contributed by atoms with E-state index in [9.17, 15) is 0 Å². The van der Waals surface area contributed by atoms with Crippen LogP contribution in [0.4, 0.5) is 11.4 Å². The normalized spacial score (nSPS) is 13.6. The molecule has 3 nitrogen and oxygen atoms in total. The van der Waals surface area contributed by atoms with E-state index in [1.807, 2.05) is 0 Å². The first kappa shape index (κ1) is 30.7. The molecule has 55 heavy (non-hydrogen) atoms. The number of nitrogens with zero attached hydrogens (tertiary/aromatic N) is 1. The number of para-hydroxylation sites is 2. The van der Waals surface area contributed by atoms with Crippen molar-refractivity contribution in [3.8, 4) is 39.2 Å². The van der Waals surface area contributed by atoms with Crippen molar-refractivity contribution >= 4 is 73.2 Å². The van der Waals surface area contributed by atoms with Gasteiger partial charge in [0.2, 0.25) is 0 Å². The van der Waals surface area contributed by atoms with E-state index < -0.39 is 0 Å². The molecule has 0 radical (unpaired) electrons. The van der Waals surface area contributed by atoms with E-state index in [1.54, 1.807) is 0 Å². The first-order valence-corrected chi connectivity index (χ1v) is 19.2. The minimum Gasteiger partial charge on any atom is -0.454 e. The molecule has 0 amide bonds. The summed E-state index contributed by atoms with van der Waals surface area (Å²) >= 11 is 0. The maximum absolute atomic E-state index is 6.96. The minimum atomic E-state index is -0.144. The smallest absolute Gasteiger partial charge is 0.198 e. The lowest BCUT2D eigenvalue weighted by Gasteiger charge is -2.26. The predicted octanol–water partition coefficient (Wildman–Crippen LogP) is 11.8. The summed E-state index contributed by atoms with van der Waals surface area (Å²) in [4.78, 5) is 0. The van der Waals surface area contributed by atoms with E-state index >= 15 is 0 Å². The predicted molar refractivity (Wildman–Crippen MR) is 233 cm³/mol. The average molecular weight is 703 g/mol. The Labute approximate surface area is 319 Å². The molecule has 0 fully saturated rings. The van der Waals surface area contributed by atoms with Crippen LogP contribution >= 0.6 is 0 Å². The van der Waals surface area contributed by atoms with Crippen LogP contribution in [-0.4, -0.2) is 11.8 Å². The van der Waals surface area contributed by atoms with Gasteiger partial charge in [0.25, 0.3) is 0 Å². The zero-order valence-electron chi connectivity index (χ0n) is 30.7. The Kier molecular flexibility index (Phi) is 6.20. The highest BCUT2D eigenvalue weighted by Crippen LogP contribution is 2.54. The van der Waals surface area contributed by atoms with Crippen molar-refractivity contribution in [1.29, 1.82) is 0 Å². The second kappa shape index (κ2) is 11.1. The summed E-state index contributed by atoms with van der Waals surface area (Å²) in [5.41, 5.74) is 19.1. The van der Waals surface area contributed by atoms with Crippen molar-refractivity contribution in [1.82, 2.24) is 4.57 Å². The number of hydrogen-bond donors (Lipinski definition) is 1. The van der Waals surface area contributed by atoms with Gasteiger partial charge in [0.15, 0.2) is 12.9 Å². The van der Waals surface area contributed by atoms with Crippen molar-refractivity contribution in [3.63, 3.8) is 0 Å². The number of aromatic nitrogens is 1. The fourth-order valence-corrected chi connectivity index (χ4v) is 9.91. The molecule has 0 atom stereocenters. The molecule has 3 heterocycles. The third-order valence-corrected chi connectivity index (χ3v) is 12.4. The van der Waals surface area contributed by atoms with Crippen LogP contribution in [0.1, 0.15) is 25.0 Å². The third-order valence-electron chi connectivity index (χ3n) is 12.4. The van der Waals surface area contributed by atoms with Crippen molar-refractivity contribution in [3.05, 3.63) is 175 Å². The summed E-state index contributed by atoms with van der Waals surface area (Å²) < 4.78 is 9.54. The summed E-state index contributed by atoms with van der Waals surface area (Å²) in [6.45, 7) is 4.78. The maximum atomic E-state index is 6.96. The first-order valence-electron chi connectivity index (χ1n) is 19.2. The molecular weight excluding hydrogens is 667 g/mol. The van der Waals surface area contributed by atoms with Crippen LogP contribution in [0.25, 0.3) is 82.8 Å². The Bertz CT molecular complexity index is 3220. The molecule has 0 spiro atoms. The molecule has 0 saturated carbocycles. The molecule has 8 aromatic carbocycles. The van der Waals surface area contributed by atoms with Gasteiger partial charge in [-0.15, -0.1) is 0 Å². The topological polar surface area (TPSA) is 30.1 Å². The van der Waals surface area contributed by atoms with E-state index in [4.69, 9.17) is 4.42 Å².